The molecule has 2 amide bonds. The van der Waals surface area contributed by atoms with E-state index in [0.717, 1.165) is 12.1 Å². The third-order valence-electron chi connectivity index (χ3n) is 3.68. The number of benzene rings is 1. The van der Waals surface area contributed by atoms with E-state index in [1.807, 2.05) is 0 Å². The number of nitrogen functional groups attached to an aromatic ring is 1. The molecule has 2 rings (SSSR count). The topological polar surface area (TPSA) is 163 Å². The number of hydrogen-bond acceptors (Lipinski definition) is 8. The molecule has 1 atom stereocenters. The van der Waals surface area contributed by atoms with Crippen molar-refractivity contribution in [3.8, 4) is 0 Å². The van der Waals surface area contributed by atoms with Gasteiger partial charge in [-0.3, -0.25) is 10.1 Å². The average molecular weight is 378 g/mol. The molecule has 1 heterocycles. The van der Waals surface area contributed by atoms with Crippen LogP contribution < -0.4 is 16.4 Å². The molecule has 1 aliphatic rings. The summed E-state index contributed by atoms with van der Waals surface area (Å²) in [6, 6.07) is 2.12. The van der Waals surface area contributed by atoms with E-state index in [1.165, 1.54) is 6.07 Å². The maximum absolute atomic E-state index is 12.2. The Hall–Kier alpha value is -3.63. The van der Waals surface area contributed by atoms with E-state index in [4.69, 9.17) is 15.2 Å². The van der Waals surface area contributed by atoms with Crippen LogP contribution >= 0.6 is 0 Å². The van der Waals surface area contributed by atoms with Crippen molar-refractivity contribution in [2.75, 3.05) is 18.9 Å². The largest absolute Gasteiger partial charge is 0.463 e. The van der Waals surface area contributed by atoms with E-state index in [2.05, 4.69) is 10.6 Å². The second kappa shape index (κ2) is 8.17. The van der Waals surface area contributed by atoms with Gasteiger partial charge in [-0.1, -0.05) is 0 Å². The molecule has 144 valence electrons. The fourth-order valence-corrected chi connectivity index (χ4v) is 2.46. The lowest BCUT2D eigenvalue weighted by Crippen LogP contribution is -2.50. The molecule has 0 fully saturated rings. The van der Waals surface area contributed by atoms with Crippen molar-refractivity contribution in [3.63, 3.8) is 0 Å². The number of non-ortho nitro benzene ring substituents is 1. The van der Waals surface area contributed by atoms with Gasteiger partial charge in [0.25, 0.3) is 5.69 Å². The minimum absolute atomic E-state index is 0.0767. The van der Waals surface area contributed by atoms with E-state index in [1.54, 1.807) is 13.8 Å². The highest BCUT2D eigenvalue weighted by Gasteiger charge is 2.30. The number of urea groups is 1. The maximum Gasteiger partial charge on any atom is 0.340 e. The molecule has 0 spiro atoms. The first-order valence-corrected chi connectivity index (χ1v) is 7.93. The van der Waals surface area contributed by atoms with Crippen LogP contribution in [-0.4, -0.2) is 42.1 Å². The summed E-state index contributed by atoms with van der Waals surface area (Å²) in [5.74, 6) is -1.52. The molecule has 1 aliphatic heterocycles. The van der Waals surface area contributed by atoms with E-state index in [-0.39, 0.29) is 34.8 Å². The van der Waals surface area contributed by atoms with Gasteiger partial charge in [0.15, 0.2) is 0 Å². The van der Waals surface area contributed by atoms with Crippen LogP contribution in [0, 0.1) is 10.1 Å². The molecule has 1 unspecified atom stereocenters. The molecule has 1 aromatic rings. The molecule has 27 heavy (non-hydrogen) atoms. The molecular formula is C16H18N4O7. The Morgan fingerprint density at radius 3 is 2.59 bits per heavy atom. The van der Waals surface area contributed by atoms with Gasteiger partial charge in [0.2, 0.25) is 0 Å². The Kier molecular flexibility index (Phi) is 5.96. The number of nitro groups is 1. The number of amides is 2. The molecule has 0 saturated carbocycles. The number of esters is 2. The van der Waals surface area contributed by atoms with Crippen molar-refractivity contribution >= 4 is 29.3 Å². The summed E-state index contributed by atoms with van der Waals surface area (Å²) >= 11 is 0. The van der Waals surface area contributed by atoms with Gasteiger partial charge in [-0.2, -0.15) is 0 Å². The number of carbonyl (C=O) groups is 3. The lowest BCUT2D eigenvalue weighted by molar-refractivity contribution is -0.384. The van der Waals surface area contributed by atoms with Gasteiger partial charge in [-0.05, 0) is 19.9 Å². The summed E-state index contributed by atoms with van der Waals surface area (Å²) in [6.45, 7) is 2.94. The number of rotatable bonds is 6. The molecule has 1 aromatic carbocycles. The standard InChI is InChI=1S/C16H18N4O7/c1-3-26-15(22)13-8(2)18-16(23)19-12(13)7-27-14(21)10-5-4-9(20(24)25)6-11(10)17/h4-6,8H,3,7,17H2,1-2H3,(H2,18,19,23). The van der Waals surface area contributed by atoms with Crippen molar-refractivity contribution in [2.24, 2.45) is 0 Å². The van der Waals surface area contributed by atoms with Crippen molar-refractivity contribution in [1.82, 2.24) is 10.6 Å². The Bertz CT molecular complexity index is 834. The molecule has 11 nitrogen and oxygen atoms in total. The first-order valence-electron chi connectivity index (χ1n) is 7.93. The van der Waals surface area contributed by atoms with E-state index in [9.17, 15) is 24.5 Å². The van der Waals surface area contributed by atoms with Crippen LogP contribution in [0.5, 0.6) is 0 Å². The summed E-state index contributed by atoms with van der Waals surface area (Å²) in [5, 5.41) is 15.6. The zero-order valence-electron chi connectivity index (χ0n) is 14.6. The van der Waals surface area contributed by atoms with Crippen molar-refractivity contribution in [2.45, 2.75) is 19.9 Å². The Balaban J connectivity index is 2.20. The highest BCUT2D eigenvalue weighted by Crippen LogP contribution is 2.21. The van der Waals surface area contributed by atoms with Crippen molar-refractivity contribution in [3.05, 3.63) is 45.1 Å². The SMILES string of the molecule is CCOC(=O)C1=C(COC(=O)c2ccc([N+](=O)[O-])cc2N)NC(=O)NC1C. The van der Waals surface area contributed by atoms with E-state index < -0.39 is 35.5 Å². The molecule has 0 aliphatic carbocycles. The highest BCUT2D eigenvalue weighted by atomic mass is 16.6. The monoisotopic (exact) mass is 378 g/mol. The number of carbonyl (C=O) groups excluding carboxylic acids is 3. The fraction of sp³-hybridized carbons (Fsp3) is 0.312. The van der Waals surface area contributed by atoms with Crippen LogP contribution in [0.15, 0.2) is 29.5 Å². The summed E-state index contributed by atoms with van der Waals surface area (Å²) < 4.78 is 10.1. The fourth-order valence-electron chi connectivity index (χ4n) is 2.46. The normalized spacial score (nSPS) is 16.2. The van der Waals surface area contributed by atoms with Gasteiger partial charge >= 0.3 is 18.0 Å². The van der Waals surface area contributed by atoms with Crippen LogP contribution in [0.3, 0.4) is 0 Å². The molecule has 4 N–H and O–H groups in total. The van der Waals surface area contributed by atoms with Crippen molar-refractivity contribution < 1.29 is 28.8 Å². The van der Waals surface area contributed by atoms with Gasteiger partial charge in [-0.25, -0.2) is 14.4 Å². The number of nitrogens with two attached hydrogens (primary N) is 1. The van der Waals surface area contributed by atoms with Crippen LogP contribution in [0.4, 0.5) is 16.2 Å². The van der Waals surface area contributed by atoms with Gasteiger partial charge in [0, 0.05) is 12.1 Å². The number of ether oxygens (including phenoxy) is 2. The molecule has 0 aromatic heterocycles. The van der Waals surface area contributed by atoms with Crippen molar-refractivity contribution in [1.29, 1.82) is 0 Å². The Labute approximate surface area is 153 Å². The Morgan fingerprint density at radius 2 is 2.00 bits per heavy atom. The quantitative estimate of drug-likeness (QED) is 0.284. The van der Waals surface area contributed by atoms with Gasteiger partial charge < -0.3 is 25.8 Å². The lowest BCUT2D eigenvalue weighted by Gasteiger charge is -2.26. The van der Waals surface area contributed by atoms with Crippen LogP contribution in [0.25, 0.3) is 0 Å². The second-order valence-corrected chi connectivity index (χ2v) is 5.54. The third-order valence-corrected chi connectivity index (χ3v) is 3.68. The smallest absolute Gasteiger partial charge is 0.340 e. The predicted molar refractivity (Wildman–Crippen MR) is 92.6 cm³/mol. The first-order chi connectivity index (χ1) is 12.7. The van der Waals surface area contributed by atoms with E-state index >= 15 is 0 Å². The van der Waals surface area contributed by atoms with Crippen LogP contribution in [-0.2, 0) is 14.3 Å². The van der Waals surface area contributed by atoms with Gasteiger partial charge in [0.1, 0.15) is 6.61 Å². The zero-order chi connectivity index (χ0) is 20.1. The van der Waals surface area contributed by atoms with Gasteiger partial charge in [-0.15, -0.1) is 0 Å². The van der Waals surface area contributed by atoms with E-state index in [0.29, 0.717) is 0 Å². The number of nitrogens with zero attached hydrogens (tertiary/aromatic N) is 1. The number of nitro benzene ring substituents is 1. The summed E-state index contributed by atoms with van der Waals surface area (Å²) in [6.07, 6.45) is 0. The first kappa shape index (κ1) is 19.7. The number of anilines is 1. The third kappa shape index (κ3) is 4.51. The average Bonchev–Trinajstić information content (AvgIpc) is 2.59. The molecule has 11 heteroatoms. The van der Waals surface area contributed by atoms with Crippen LogP contribution in [0.2, 0.25) is 0 Å². The minimum atomic E-state index is -0.862. The predicted octanol–water partition coefficient (Wildman–Crippen LogP) is 0.852. The Morgan fingerprint density at radius 1 is 1.30 bits per heavy atom. The van der Waals surface area contributed by atoms with Crippen LogP contribution in [0.1, 0.15) is 24.2 Å². The second-order valence-electron chi connectivity index (χ2n) is 5.54. The number of nitrogens with one attached hydrogen (secondary N) is 2. The lowest BCUT2D eigenvalue weighted by atomic mass is 10.0. The summed E-state index contributed by atoms with van der Waals surface area (Å²) in [4.78, 5) is 46.0. The zero-order valence-corrected chi connectivity index (χ0v) is 14.6. The summed E-state index contributed by atoms with van der Waals surface area (Å²) in [5.41, 5.74) is 5.39. The minimum Gasteiger partial charge on any atom is -0.463 e. The number of hydrogen-bond donors (Lipinski definition) is 3. The van der Waals surface area contributed by atoms with Gasteiger partial charge in [0.05, 0.1) is 40.1 Å². The highest BCUT2D eigenvalue weighted by molar-refractivity contribution is 5.97. The molecule has 0 radical (unpaired) electrons. The molecule has 0 bridgehead atoms. The molecular weight excluding hydrogens is 360 g/mol. The molecule has 0 saturated heterocycles. The maximum atomic E-state index is 12.2. The summed E-state index contributed by atoms with van der Waals surface area (Å²) in [7, 11) is 0.